The molecule has 0 aliphatic rings. The molecule has 1 rings (SSSR count). The number of hydrogen-bond donors (Lipinski definition) is 1. The highest BCUT2D eigenvalue weighted by molar-refractivity contribution is 7.54. The Morgan fingerprint density at radius 2 is 1.77 bits per heavy atom. The summed E-state index contributed by atoms with van der Waals surface area (Å²) >= 11 is 0. The van der Waals surface area contributed by atoms with E-state index in [0.29, 0.717) is 0 Å². The third-order valence-corrected chi connectivity index (χ3v) is 4.74. The zero-order chi connectivity index (χ0) is 16.8. The van der Waals surface area contributed by atoms with E-state index in [-0.39, 0.29) is 24.5 Å². The maximum absolute atomic E-state index is 12.8. The van der Waals surface area contributed by atoms with Gasteiger partial charge in [0.1, 0.15) is 0 Å². The van der Waals surface area contributed by atoms with Crippen molar-refractivity contribution < 1.29 is 28.1 Å². The van der Waals surface area contributed by atoms with Crippen LogP contribution in [-0.4, -0.2) is 24.2 Å². The number of nitrogens with two attached hydrogens (primary N) is 1. The second-order valence-electron chi connectivity index (χ2n) is 4.01. The average Bonchev–Trinajstić information content (AvgIpc) is 2.45. The van der Waals surface area contributed by atoms with Gasteiger partial charge in [-0.05, 0) is 26.0 Å². The van der Waals surface area contributed by atoms with Gasteiger partial charge in [-0.25, -0.2) is 4.79 Å². The molecule has 0 bridgehead atoms. The molecule has 0 fully saturated rings. The molecule has 0 unspecified atom stereocenters. The lowest BCUT2D eigenvalue weighted by molar-refractivity contribution is -0.384. The van der Waals surface area contributed by atoms with E-state index in [4.69, 9.17) is 19.5 Å². The van der Waals surface area contributed by atoms with Crippen molar-refractivity contribution in [2.24, 2.45) is 5.73 Å². The van der Waals surface area contributed by atoms with E-state index in [0.717, 1.165) is 0 Å². The summed E-state index contributed by atoms with van der Waals surface area (Å²) in [7, 11) is -3.84. The van der Waals surface area contributed by atoms with Crippen LogP contribution in [0.25, 0.3) is 0 Å². The molecule has 0 aliphatic carbocycles. The highest BCUT2D eigenvalue weighted by atomic mass is 31.2. The van der Waals surface area contributed by atoms with Gasteiger partial charge in [-0.2, -0.15) is 0 Å². The molecule has 1 amide bonds. The summed E-state index contributed by atoms with van der Waals surface area (Å²) in [5, 5.41) is 10.7. The molecular formula is C12H17N2O7P. The molecule has 22 heavy (non-hydrogen) atoms. The first-order chi connectivity index (χ1) is 10.3. The summed E-state index contributed by atoms with van der Waals surface area (Å²) in [6.07, 6.45) is -1.16. The Morgan fingerprint density at radius 3 is 2.14 bits per heavy atom. The van der Waals surface area contributed by atoms with Crippen LogP contribution in [0.3, 0.4) is 0 Å². The van der Waals surface area contributed by atoms with Crippen molar-refractivity contribution in [3.8, 4) is 0 Å². The van der Waals surface area contributed by atoms with Crippen molar-refractivity contribution >= 4 is 19.4 Å². The van der Waals surface area contributed by atoms with E-state index in [1.807, 2.05) is 0 Å². The molecule has 0 saturated heterocycles. The summed E-state index contributed by atoms with van der Waals surface area (Å²) < 4.78 is 27.9. The van der Waals surface area contributed by atoms with E-state index in [9.17, 15) is 19.5 Å². The molecule has 0 saturated carbocycles. The summed E-state index contributed by atoms with van der Waals surface area (Å²) in [6.45, 7) is 3.32. The first-order valence-electron chi connectivity index (χ1n) is 6.43. The zero-order valence-corrected chi connectivity index (χ0v) is 13.0. The smallest absolute Gasteiger partial charge is 0.405 e. The number of amides is 1. The third kappa shape index (κ3) is 4.52. The van der Waals surface area contributed by atoms with Crippen LogP contribution < -0.4 is 5.73 Å². The highest BCUT2D eigenvalue weighted by Gasteiger charge is 2.40. The first kappa shape index (κ1) is 18.1. The van der Waals surface area contributed by atoms with Crippen LogP contribution in [0.2, 0.25) is 0 Å². The monoisotopic (exact) mass is 332 g/mol. The molecule has 0 radical (unpaired) electrons. The lowest BCUT2D eigenvalue weighted by Crippen LogP contribution is -2.19. The number of nitro benzene ring substituents is 1. The zero-order valence-electron chi connectivity index (χ0n) is 12.1. The molecule has 2 N–H and O–H groups in total. The Morgan fingerprint density at radius 1 is 1.27 bits per heavy atom. The first-order valence-corrected chi connectivity index (χ1v) is 8.04. The number of carbonyl (C=O) groups excluding carboxylic acids is 1. The predicted molar refractivity (Wildman–Crippen MR) is 77.4 cm³/mol. The summed E-state index contributed by atoms with van der Waals surface area (Å²) in [6, 6.07) is 4.98. The Hall–Kier alpha value is -1.96. The van der Waals surface area contributed by atoms with Gasteiger partial charge in [0.05, 0.1) is 18.1 Å². The molecule has 0 spiro atoms. The molecular weight excluding hydrogens is 315 g/mol. The lowest BCUT2D eigenvalue weighted by atomic mass is 10.2. The number of non-ortho nitro benzene ring substituents is 1. The number of nitrogens with zero attached hydrogens (tertiary/aromatic N) is 1. The number of nitro groups is 1. The van der Waals surface area contributed by atoms with Crippen molar-refractivity contribution in [1.82, 2.24) is 0 Å². The Labute approximate surface area is 127 Å². The van der Waals surface area contributed by atoms with Gasteiger partial charge in [-0.1, -0.05) is 0 Å². The largest absolute Gasteiger partial charge is 0.428 e. The molecule has 0 aromatic heterocycles. The van der Waals surface area contributed by atoms with E-state index in [1.165, 1.54) is 24.3 Å². The minimum atomic E-state index is -3.84. The average molecular weight is 332 g/mol. The highest BCUT2D eigenvalue weighted by Crippen LogP contribution is 2.61. The van der Waals surface area contributed by atoms with E-state index >= 15 is 0 Å². The van der Waals surface area contributed by atoms with E-state index in [2.05, 4.69) is 0 Å². The number of carbonyl (C=O) groups is 1. The number of benzene rings is 1. The summed E-state index contributed by atoms with van der Waals surface area (Å²) in [5.41, 5.74) is 5.05. The van der Waals surface area contributed by atoms with Crippen LogP contribution in [0, 0.1) is 10.1 Å². The third-order valence-electron chi connectivity index (χ3n) is 2.52. The molecule has 1 aromatic carbocycles. The topological polar surface area (TPSA) is 131 Å². The summed E-state index contributed by atoms with van der Waals surface area (Å²) in [5.74, 6) is -1.40. The fourth-order valence-corrected chi connectivity index (χ4v) is 3.55. The standard InChI is InChI=1S/C12H17N2O7P/c1-3-19-22(18,20-4-2)11(21-12(13)15)9-5-7-10(8-6-9)14(16)17/h5-8,11H,3-4H2,1-2H3,(H2,13,15)/t11-/m1/s1. The van der Waals surface area contributed by atoms with E-state index in [1.54, 1.807) is 13.8 Å². The van der Waals surface area contributed by atoms with E-state index < -0.39 is 24.5 Å². The minimum absolute atomic E-state index is 0.0584. The van der Waals surface area contributed by atoms with Gasteiger partial charge in [-0.3, -0.25) is 14.7 Å². The van der Waals surface area contributed by atoms with Crippen LogP contribution in [0.5, 0.6) is 0 Å². The molecule has 0 heterocycles. The van der Waals surface area contributed by atoms with Crippen molar-refractivity contribution in [1.29, 1.82) is 0 Å². The van der Waals surface area contributed by atoms with Gasteiger partial charge in [0, 0.05) is 17.7 Å². The van der Waals surface area contributed by atoms with Crippen LogP contribution in [0.4, 0.5) is 10.5 Å². The Kier molecular flexibility index (Phi) is 6.48. The normalized spacial score (nSPS) is 12.6. The maximum Gasteiger partial charge on any atom is 0.405 e. The van der Waals surface area contributed by atoms with Gasteiger partial charge >= 0.3 is 13.7 Å². The summed E-state index contributed by atoms with van der Waals surface area (Å²) in [4.78, 5) is 21.1. The molecule has 10 heteroatoms. The van der Waals surface area contributed by atoms with Gasteiger partial charge in [0.25, 0.3) is 5.69 Å². The number of hydrogen-bond acceptors (Lipinski definition) is 7. The number of rotatable bonds is 8. The quantitative estimate of drug-likeness (QED) is 0.440. The van der Waals surface area contributed by atoms with Crippen molar-refractivity contribution in [3.63, 3.8) is 0 Å². The number of primary amides is 1. The number of ether oxygens (including phenoxy) is 1. The Bertz CT molecular complexity index is 565. The fraction of sp³-hybridized carbons (Fsp3) is 0.417. The van der Waals surface area contributed by atoms with Crippen LogP contribution in [0.15, 0.2) is 24.3 Å². The molecule has 1 atom stereocenters. The fourth-order valence-electron chi connectivity index (χ4n) is 1.72. The minimum Gasteiger partial charge on any atom is -0.428 e. The van der Waals surface area contributed by atoms with Gasteiger partial charge in [0.15, 0.2) is 0 Å². The second-order valence-corrected chi connectivity index (χ2v) is 6.08. The molecule has 0 aliphatic heterocycles. The van der Waals surface area contributed by atoms with Crippen LogP contribution in [0.1, 0.15) is 25.3 Å². The predicted octanol–water partition coefficient (Wildman–Crippen LogP) is 2.95. The van der Waals surface area contributed by atoms with Crippen LogP contribution >= 0.6 is 7.60 Å². The second kappa shape index (κ2) is 7.88. The van der Waals surface area contributed by atoms with Crippen LogP contribution in [-0.2, 0) is 18.3 Å². The molecule has 122 valence electrons. The van der Waals surface area contributed by atoms with Gasteiger partial charge in [-0.15, -0.1) is 0 Å². The molecule has 1 aromatic rings. The Balaban J connectivity index is 3.23. The van der Waals surface area contributed by atoms with Crippen molar-refractivity contribution in [2.75, 3.05) is 13.2 Å². The lowest BCUT2D eigenvalue weighted by Gasteiger charge is -2.25. The maximum atomic E-state index is 12.8. The molecule has 9 nitrogen and oxygen atoms in total. The SMILES string of the molecule is CCOP(=O)(OCC)[C@@H](OC(N)=O)c1ccc([N+](=O)[O-])cc1. The van der Waals surface area contributed by atoms with Gasteiger partial charge < -0.3 is 19.5 Å². The van der Waals surface area contributed by atoms with Gasteiger partial charge in [0.2, 0.25) is 5.85 Å². The van der Waals surface area contributed by atoms with Crippen molar-refractivity contribution in [3.05, 3.63) is 39.9 Å². The van der Waals surface area contributed by atoms with Crippen molar-refractivity contribution in [2.45, 2.75) is 19.7 Å².